The lowest BCUT2D eigenvalue weighted by Crippen LogP contribution is -2.28. The summed E-state index contributed by atoms with van der Waals surface area (Å²) in [5.74, 6) is -0.547. The number of nitrogens with two attached hydrogens (primary N) is 1. The number of benzene rings is 2. The second-order valence-corrected chi connectivity index (χ2v) is 5.35. The smallest absolute Gasteiger partial charge is 0.148 e. The highest BCUT2D eigenvalue weighted by Crippen LogP contribution is 2.21. The molecule has 1 unspecified atom stereocenters. The molecule has 110 valence electrons. The van der Waals surface area contributed by atoms with Gasteiger partial charge in [-0.15, -0.1) is 0 Å². The second kappa shape index (κ2) is 7.08. The van der Waals surface area contributed by atoms with Crippen molar-refractivity contribution < 1.29 is 9.60 Å². The van der Waals surface area contributed by atoms with E-state index in [1.807, 2.05) is 30.3 Å². The Morgan fingerprint density at radius 2 is 2.00 bits per heavy atom. The number of nitrogens with zero attached hydrogens (tertiary/aromatic N) is 1. The summed E-state index contributed by atoms with van der Waals surface area (Å²) in [4.78, 5) is 0. The van der Waals surface area contributed by atoms with Gasteiger partial charge in [0.05, 0.1) is 10.4 Å². The molecule has 0 aromatic heterocycles. The Labute approximate surface area is 130 Å². The van der Waals surface area contributed by atoms with Crippen LogP contribution in [0.15, 0.2) is 58.2 Å². The molecule has 2 aromatic rings. The number of oxime groups is 1. The zero-order valence-corrected chi connectivity index (χ0v) is 12.7. The number of nitrogens with one attached hydrogen (secondary N) is 1. The minimum atomic E-state index is -0.347. The molecule has 4 N–H and O–H groups in total. The summed E-state index contributed by atoms with van der Waals surface area (Å²) in [6, 6.07) is 14.2. The number of amidine groups is 1. The number of hydrogen-bond acceptors (Lipinski definition) is 3. The van der Waals surface area contributed by atoms with Crippen molar-refractivity contribution in [3.05, 3.63) is 64.4 Å². The van der Waals surface area contributed by atoms with Gasteiger partial charge in [0, 0.05) is 12.2 Å². The molecule has 0 saturated heterocycles. The van der Waals surface area contributed by atoms with Crippen LogP contribution in [0.5, 0.6) is 0 Å². The monoisotopic (exact) mass is 351 g/mol. The first-order valence-electron chi connectivity index (χ1n) is 6.33. The molecule has 0 spiro atoms. The number of hydrogen-bond donors (Lipinski definition) is 3. The maximum absolute atomic E-state index is 13.5. The third kappa shape index (κ3) is 3.95. The van der Waals surface area contributed by atoms with Crippen LogP contribution < -0.4 is 11.1 Å². The second-order valence-electron chi connectivity index (χ2n) is 4.50. The molecule has 0 fully saturated rings. The predicted molar refractivity (Wildman–Crippen MR) is 85.2 cm³/mol. The van der Waals surface area contributed by atoms with Crippen molar-refractivity contribution in [2.24, 2.45) is 10.9 Å². The Morgan fingerprint density at radius 1 is 1.29 bits per heavy atom. The van der Waals surface area contributed by atoms with E-state index in [0.717, 1.165) is 5.56 Å². The average molecular weight is 352 g/mol. The van der Waals surface area contributed by atoms with Crippen LogP contribution in [0.2, 0.25) is 0 Å². The molecule has 0 heterocycles. The van der Waals surface area contributed by atoms with Crippen LogP contribution in [0, 0.1) is 5.82 Å². The highest BCUT2D eigenvalue weighted by molar-refractivity contribution is 9.10. The van der Waals surface area contributed by atoms with E-state index >= 15 is 0 Å². The molecule has 2 aromatic carbocycles. The fourth-order valence-corrected chi connectivity index (χ4v) is 2.22. The van der Waals surface area contributed by atoms with Crippen molar-refractivity contribution in [1.29, 1.82) is 0 Å². The van der Waals surface area contributed by atoms with E-state index in [4.69, 9.17) is 10.9 Å². The Bertz CT molecular complexity index is 634. The van der Waals surface area contributed by atoms with Crippen molar-refractivity contribution in [2.45, 2.75) is 5.92 Å². The van der Waals surface area contributed by atoms with Gasteiger partial charge in [-0.1, -0.05) is 35.5 Å². The van der Waals surface area contributed by atoms with Crippen LogP contribution in [-0.4, -0.2) is 17.6 Å². The van der Waals surface area contributed by atoms with Crippen LogP contribution in [0.25, 0.3) is 0 Å². The topological polar surface area (TPSA) is 70.6 Å². The highest BCUT2D eigenvalue weighted by Gasteiger charge is 2.16. The van der Waals surface area contributed by atoms with Gasteiger partial charge in [-0.05, 0) is 39.7 Å². The predicted octanol–water partition coefficient (Wildman–Crippen LogP) is 3.53. The SMILES string of the molecule is NC(=NO)C(CNc1ccc(Br)c(F)c1)c1ccccc1. The van der Waals surface area contributed by atoms with Gasteiger partial charge in [-0.25, -0.2) is 4.39 Å². The van der Waals surface area contributed by atoms with E-state index in [0.29, 0.717) is 16.7 Å². The largest absolute Gasteiger partial charge is 0.409 e. The first-order chi connectivity index (χ1) is 10.1. The Kier molecular flexibility index (Phi) is 5.16. The summed E-state index contributed by atoms with van der Waals surface area (Å²) in [5.41, 5.74) is 7.29. The van der Waals surface area contributed by atoms with Gasteiger partial charge in [0.1, 0.15) is 11.7 Å². The lowest BCUT2D eigenvalue weighted by molar-refractivity contribution is 0.316. The van der Waals surface area contributed by atoms with E-state index in [1.165, 1.54) is 6.07 Å². The van der Waals surface area contributed by atoms with E-state index in [-0.39, 0.29) is 17.6 Å². The van der Waals surface area contributed by atoms with Crippen LogP contribution in [-0.2, 0) is 0 Å². The lowest BCUT2D eigenvalue weighted by Gasteiger charge is -2.17. The van der Waals surface area contributed by atoms with Crippen LogP contribution in [0.3, 0.4) is 0 Å². The average Bonchev–Trinajstić information content (AvgIpc) is 2.51. The van der Waals surface area contributed by atoms with Crippen molar-refractivity contribution in [1.82, 2.24) is 0 Å². The fraction of sp³-hybridized carbons (Fsp3) is 0.133. The summed E-state index contributed by atoms with van der Waals surface area (Å²) in [6.45, 7) is 0.390. The zero-order valence-electron chi connectivity index (χ0n) is 11.1. The quantitative estimate of drug-likeness (QED) is 0.334. The number of anilines is 1. The molecule has 1 atom stereocenters. The molecule has 0 saturated carbocycles. The summed E-state index contributed by atoms with van der Waals surface area (Å²) in [6.07, 6.45) is 0. The van der Waals surface area contributed by atoms with E-state index < -0.39 is 0 Å². The van der Waals surface area contributed by atoms with Crippen LogP contribution in [0.4, 0.5) is 10.1 Å². The number of rotatable bonds is 5. The summed E-state index contributed by atoms with van der Waals surface area (Å²) >= 11 is 3.11. The summed E-state index contributed by atoms with van der Waals surface area (Å²) in [7, 11) is 0. The van der Waals surface area contributed by atoms with Gasteiger partial charge in [-0.2, -0.15) is 0 Å². The molecule has 2 rings (SSSR count). The van der Waals surface area contributed by atoms with Gasteiger partial charge in [0.2, 0.25) is 0 Å². The third-order valence-corrected chi connectivity index (χ3v) is 3.75. The van der Waals surface area contributed by atoms with Crippen LogP contribution >= 0.6 is 15.9 Å². The minimum Gasteiger partial charge on any atom is -0.409 e. The van der Waals surface area contributed by atoms with Crippen molar-refractivity contribution >= 4 is 27.5 Å². The molecule has 0 radical (unpaired) electrons. The Morgan fingerprint density at radius 3 is 2.62 bits per heavy atom. The Balaban J connectivity index is 2.15. The molecule has 0 amide bonds. The molecule has 0 aliphatic rings. The van der Waals surface area contributed by atoms with Gasteiger partial charge in [0.15, 0.2) is 0 Å². The zero-order chi connectivity index (χ0) is 15.2. The summed E-state index contributed by atoms with van der Waals surface area (Å²) < 4.78 is 13.9. The normalized spacial score (nSPS) is 13.0. The van der Waals surface area contributed by atoms with Crippen molar-refractivity contribution in [2.75, 3.05) is 11.9 Å². The molecular weight excluding hydrogens is 337 g/mol. The molecule has 0 bridgehead atoms. The van der Waals surface area contributed by atoms with E-state index in [2.05, 4.69) is 26.4 Å². The molecular formula is C15H15BrFN3O. The Hall–Kier alpha value is -2.08. The first-order valence-corrected chi connectivity index (χ1v) is 7.12. The maximum Gasteiger partial charge on any atom is 0.148 e. The highest BCUT2D eigenvalue weighted by atomic mass is 79.9. The van der Waals surface area contributed by atoms with Gasteiger partial charge in [0.25, 0.3) is 0 Å². The first kappa shape index (κ1) is 15.3. The lowest BCUT2D eigenvalue weighted by atomic mass is 9.98. The number of halogens is 2. The molecule has 0 aliphatic heterocycles. The van der Waals surface area contributed by atoms with Crippen molar-refractivity contribution in [3.8, 4) is 0 Å². The standard InChI is InChI=1S/C15H15BrFN3O/c16-13-7-6-11(8-14(13)17)19-9-12(15(18)20-21)10-4-2-1-3-5-10/h1-8,12,19,21H,9H2,(H2,18,20). The molecule has 4 nitrogen and oxygen atoms in total. The third-order valence-electron chi connectivity index (χ3n) is 3.10. The van der Waals surface area contributed by atoms with Crippen molar-refractivity contribution in [3.63, 3.8) is 0 Å². The van der Waals surface area contributed by atoms with Gasteiger partial charge in [-0.3, -0.25) is 0 Å². The van der Waals surface area contributed by atoms with Gasteiger partial charge < -0.3 is 16.3 Å². The summed E-state index contributed by atoms with van der Waals surface area (Å²) in [5, 5.41) is 15.1. The van der Waals surface area contributed by atoms with E-state index in [1.54, 1.807) is 12.1 Å². The van der Waals surface area contributed by atoms with Crippen LogP contribution in [0.1, 0.15) is 11.5 Å². The van der Waals surface area contributed by atoms with Gasteiger partial charge >= 0.3 is 0 Å². The maximum atomic E-state index is 13.5. The molecule has 21 heavy (non-hydrogen) atoms. The fourth-order valence-electron chi connectivity index (χ4n) is 1.97. The molecule has 0 aliphatic carbocycles. The van der Waals surface area contributed by atoms with E-state index in [9.17, 15) is 4.39 Å². The minimum absolute atomic E-state index is 0.103. The molecule has 6 heteroatoms.